The lowest BCUT2D eigenvalue weighted by atomic mass is 10.2. The molecule has 0 unspecified atom stereocenters. The number of unbranched alkanes of at least 4 members (excludes halogenated alkanes) is 3. The maximum atomic E-state index is 5.63. The molecule has 0 heterocycles. The lowest BCUT2D eigenvalue weighted by Crippen LogP contribution is -2.27. The number of methoxy groups -OCH3 is 1. The molecule has 0 amide bonds. The summed E-state index contributed by atoms with van der Waals surface area (Å²) >= 11 is 0. The second kappa shape index (κ2) is 9.68. The highest BCUT2D eigenvalue weighted by Gasteiger charge is 2.06. The number of rotatable bonds is 10. The summed E-state index contributed by atoms with van der Waals surface area (Å²) in [5, 5.41) is 0. The fraction of sp³-hybridized carbons (Fsp3) is 0.625. The third-order valence-corrected chi connectivity index (χ3v) is 3.35. The summed E-state index contributed by atoms with van der Waals surface area (Å²) < 4.78 is 5.20. The van der Waals surface area contributed by atoms with Crippen molar-refractivity contribution >= 4 is 5.69 Å². The molecule has 0 aliphatic heterocycles. The van der Waals surface area contributed by atoms with Crippen LogP contribution < -0.4 is 15.4 Å². The Morgan fingerprint density at radius 2 is 1.68 bits per heavy atom. The highest BCUT2D eigenvalue weighted by atomic mass is 16.5. The maximum absolute atomic E-state index is 5.63. The van der Waals surface area contributed by atoms with Crippen LogP contribution in [0.1, 0.15) is 39.0 Å². The third kappa shape index (κ3) is 5.97. The van der Waals surface area contributed by atoms with Gasteiger partial charge in [-0.25, -0.2) is 0 Å². The predicted octanol–water partition coefficient (Wildman–Crippen LogP) is 3.43. The van der Waals surface area contributed by atoms with Crippen LogP contribution in [-0.4, -0.2) is 26.7 Å². The van der Waals surface area contributed by atoms with Crippen molar-refractivity contribution in [3.63, 3.8) is 0 Å². The Labute approximate surface area is 117 Å². The summed E-state index contributed by atoms with van der Waals surface area (Å²) in [4.78, 5) is 2.43. The van der Waals surface area contributed by atoms with Crippen LogP contribution in [0.2, 0.25) is 0 Å². The van der Waals surface area contributed by atoms with Crippen LogP contribution in [-0.2, 0) is 0 Å². The second-order valence-corrected chi connectivity index (χ2v) is 4.89. The Morgan fingerprint density at radius 3 is 2.26 bits per heavy atom. The van der Waals surface area contributed by atoms with Gasteiger partial charge < -0.3 is 15.4 Å². The van der Waals surface area contributed by atoms with Gasteiger partial charge in [-0.3, -0.25) is 0 Å². The molecule has 0 radical (unpaired) electrons. The largest absolute Gasteiger partial charge is 0.497 e. The standard InChI is InChI=1S/C16H28N2O/c1-3-4-5-6-13-18(14-7-12-17)15-8-10-16(19-2)11-9-15/h8-11H,3-7,12-14,17H2,1-2H3. The van der Waals surface area contributed by atoms with Crippen LogP contribution in [0.25, 0.3) is 0 Å². The molecule has 0 aromatic heterocycles. The van der Waals surface area contributed by atoms with Gasteiger partial charge >= 0.3 is 0 Å². The highest BCUT2D eigenvalue weighted by Crippen LogP contribution is 2.20. The van der Waals surface area contributed by atoms with Gasteiger partial charge in [0.05, 0.1) is 7.11 Å². The molecule has 3 heteroatoms. The molecule has 0 bridgehead atoms. The van der Waals surface area contributed by atoms with Gasteiger partial charge in [0.15, 0.2) is 0 Å². The molecule has 0 aliphatic carbocycles. The van der Waals surface area contributed by atoms with E-state index in [1.165, 1.54) is 31.4 Å². The van der Waals surface area contributed by atoms with Gasteiger partial charge in [-0.1, -0.05) is 26.2 Å². The molecule has 19 heavy (non-hydrogen) atoms. The summed E-state index contributed by atoms with van der Waals surface area (Å²) in [6, 6.07) is 8.32. The van der Waals surface area contributed by atoms with Gasteiger partial charge in [0, 0.05) is 18.8 Å². The second-order valence-electron chi connectivity index (χ2n) is 4.89. The molecule has 0 saturated carbocycles. The van der Waals surface area contributed by atoms with Crippen LogP contribution in [0.4, 0.5) is 5.69 Å². The number of benzene rings is 1. The average Bonchev–Trinajstić information content (AvgIpc) is 2.47. The zero-order valence-electron chi connectivity index (χ0n) is 12.4. The van der Waals surface area contributed by atoms with Gasteiger partial charge in [-0.2, -0.15) is 0 Å². The van der Waals surface area contributed by atoms with Crippen molar-refractivity contribution < 1.29 is 4.74 Å². The van der Waals surface area contributed by atoms with Crippen molar-refractivity contribution in [2.45, 2.75) is 39.0 Å². The minimum absolute atomic E-state index is 0.752. The van der Waals surface area contributed by atoms with E-state index in [4.69, 9.17) is 10.5 Å². The van der Waals surface area contributed by atoms with Crippen molar-refractivity contribution in [2.75, 3.05) is 31.6 Å². The van der Waals surface area contributed by atoms with E-state index in [2.05, 4.69) is 24.0 Å². The molecule has 0 aliphatic rings. The number of hydrogen-bond acceptors (Lipinski definition) is 3. The van der Waals surface area contributed by atoms with E-state index >= 15 is 0 Å². The summed E-state index contributed by atoms with van der Waals surface area (Å²) in [5.41, 5.74) is 6.90. The normalized spacial score (nSPS) is 10.5. The van der Waals surface area contributed by atoms with Crippen LogP contribution in [0, 0.1) is 0 Å². The Balaban J connectivity index is 2.55. The van der Waals surface area contributed by atoms with Crippen LogP contribution in [0.15, 0.2) is 24.3 Å². The van der Waals surface area contributed by atoms with Gasteiger partial charge in [-0.05, 0) is 43.7 Å². The minimum Gasteiger partial charge on any atom is -0.497 e. The van der Waals surface area contributed by atoms with E-state index in [0.29, 0.717) is 0 Å². The number of anilines is 1. The van der Waals surface area contributed by atoms with Gasteiger partial charge in [0.2, 0.25) is 0 Å². The summed E-state index contributed by atoms with van der Waals surface area (Å²) in [6.07, 6.45) is 6.22. The zero-order chi connectivity index (χ0) is 13.9. The quantitative estimate of drug-likeness (QED) is 0.658. The van der Waals surface area contributed by atoms with Gasteiger partial charge in [-0.15, -0.1) is 0 Å². The lowest BCUT2D eigenvalue weighted by Gasteiger charge is -2.25. The number of nitrogens with zero attached hydrogens (tertiary/aromatic N) is 1. The maximum Gasteiger partial charge on any atom is 0.119 e. The molecule has 0 spiro atoms. The molecule has 1 rings (SSSR count). The summed E-state index contributed by atoms with van der Waals surface area (Å²) in [5.74, 6) is 0.911. The highest BCUT2D eigenvalue weighted by molar-refractivity contribution is 5.49. The first kappa shape index (κ1) is 15.8. The molecule has 0 saturated heterocycles. The van der Waals surface area contributed by atoms with Crippen molar-refractivity contribution in [3.8, 4) is 5.75 Å². The number of ether oxygens (including phenoxy) is 1. The minimum atomic E-state index is 0.752. The Morgan fingerprint density at radius 1 is 1.00 bits per heavy atom. The smallest absolute Gasteiger partial charge is 0.119 e. The van der Waals surface area contributed by atoms with E-state index in [9.17, 15) is 0 Å². The van der Waals surface area contributed by atoms with Crippen molar-refractivity contribution in [3.05, 3.63) is 24.3 Å². The molecular weight excluding hydrogens is 236 g/mol. The fourth-order valence-corrected chi connectivity index (χ4v) is 2.17. The van der Waals surface area contributed by atoms with Crippen molar-refractivity contribution in [1.29, 1.82) is 0 Å². The van der Waals surface area contributed by atoms with Gasteiger partial charge in [0.25, 0.3) is 0 Å². The van der Waals surface area contributed by atoms with E-state index in [0.717, 1.165) is 31.8 Å². The van der Waals surface area contributed by atoms with Crippen LogP contribution in [0.5, 0.6) is 5.75 Å². The monoisotopic (exact) mass is 264 g/mol. The van der Waals surface area contributed by atoms with E-state index < -0.39 is 0 Å². The first-order valence-electron chi connectivity index (χ1n) is 7.41. The molecule has 1 aromatic rings. The van der Waals surface area contributed by atoms with Crippen LogP contribution in [0.3, 0.4) is 0 Å². The van der Waals surface area contributed by atoms with E-state index in [1.807, 2.05) is 12.1 Å². The van der Waals surface area contributed by atoms with E-state index in [-0.39, 0.29) is 0 Å². The van der Waals surface area contributed by atoms with Gasteiger partial charge in [0.1, 0.15) is 5.75 Å². The SMILES string of the molecule is CCCCCCN(CCCN)c1ccc(OC)cc1. The summed E-state index contributed by atoms with van der Waals surface area (Å²) in [7, 11) is 1.70. The Kier molecular flexibility index (Phi) is 8.07. The van der Waals surface area contributed by atoms with Crippen molar-refractivity contribution in [2.24, 2.45) is 5.73 Å². The fourth-order valence-electron chi connectivity index (χ4n) is 2.17. The zero-order valence-corrected chi connectivity index (χ0v) is 12.4. The average molecular weight is 264 g/mol. The van der Waals surface area contributed by atoms with Crippen LogP contribution >= 0.6 is 0 Å². The molecule has 3 nitrogen and oxygen atoms in total. The molecule has 0 fully saturated rings. The third-order valence-electron chi connectivity index (χ3n) is 3.35. The first-order valence-corrected chi connectivity index (χ1v) is 7.41. The molecule has 0 atom stereocenters. The first-order chi connectivity index (χ1) is 9.31. The lowest BCUT2D eigenvalue weighted by molar-refractivity contribution is 0.415. The summed E-state index contributed by atoms with van der Waals surface area (Å²) in [6.45, 7) is 5.15. The Hall–Kier alpha value is -1.22. The predicted molar refractivity (Wildman–Crippen MR) is 83.0 cm³/mol. The molecular formula is C16H28N2O. The number of nitrogens with two attached hydrogens (primary N) is 1. The Bertz CT molecular complexity index is 324. The molecule has 2 N–H and O–H groups in total. The number of hydrogen-bond donors (Lipinski definition) is 1. The molecule has 108 valence electrons. The van der Waals surface area contributed by atoms with Crippen molar-refractivity contribution in [1.82, 2.24) is 0 Å². The van der Waals surface area contributed by atoms with E-state index in [1.54, 1.807) is 7.11 Å². The topological polar surface area (TPSA) is 38.5 Å². The molecule has 1 aromatic carbocycles.